The number of nitrogens with zero attached hydrogens (tertiary/aromatic N) is 1. The second-order valence-corrected chi connectivity index (χ2v) is 6.26. The van der Waals surface area contributed by atoms with Gasteiger partial charge in [0.05, 0.1) is 13.2 Å². The second-order valence-electron chi connectivity index (χ2n) is 6.26. The average molecular weight is 316 g/mol. The van der Waals surface area contributed by atoms with E-state index in [2.05, 4.69) is 5.32 Å². The molecule has 6 nitrogen and oxygen atoms in total. The fourth-order valence-corrected chi connectivity index (χ4v) is 1.61. The summed E-state index contributed by atoms with van der Waals surface area (Å²) in [6, 6.07) is -0.558. The number of rotatable bonds is 10. The van der Waals surface area contributed by atoms with Crippen LogP contribution in [0.2, 0.25) is 0 Å². The first-order valence-corrected chi connectivity index (χ1v) is 8.04. The van der Waals surface area contributed by atoms with Crippen LogP contribution in [0.25, 0.3) is 0 Å². The molecule has 130 valence electrons. The van der Waals surface area contributed by atoms with Crippen LogP contribution in [0.3, 0.4) is 0 Å². The predicted molar refractivity (Wildman–Crippen MR) is 86.7 cm³/mol. The molecule has 1 amide bonds. The molecule has 6 heteroatoms. The van der Waals surface area contributed by atoms with E-state index in [1.54, 1.807) is 0 Å². The molecule has 0 spiro atoms. The molecule has 0 saturated heterocycles. The standard InChI is InChI=1S/C16H32N2O4/c1-7-8-9-21-16(20)17-14(10-13(4)18(5)6)15(19)22-11-12(2)3/h12-14H,7-11H2,1-6H3,(H,17,20). The SMILES string of the molecule is CCCCOC(=O)NC(CC(C)N(C)C)C(=O)OCC(C)C. The summed E-state index contributed by atoms with van der Waals surface area (Å²) in [5.41, 5.74) is 0. The molecule has 0 heterocycles. The third-order valence-electron chi connectivity index (χ3n) is 3.32. The van der Waals surface area contributed by atoms with Crippen molar-refractivity contribution in [3.63, 3.8) is 0 Å². The van der Waals surface area contributed by atoms with Gasteiger partial charge in [-0.05, 0) is 39.8 Å². The second kappa shape index (κ2) is 11.3. The minimum Gasteiger partial charge on any atom is -0.464 e. The maximum atomic E-state index is 12.2. The van der Waals surface area contributed by atoms with E-state index < -0.39 is 18.1 Å². The van der Waals surface area contributed by atoms with Gasteiger partial charge in [0.15, 0.2) is 0 Å². The smallest absolute Gasteiger partial charge is 0.407 e. The van der Waals surface area contributed by atoms with Crippen LogP contribution in [0.5, 0.6) is 0 Å². The molecule has 0 aromatic carbocycles. The highest BCUT2D eigenvalue weighted by molar-refractivity contribution is 5.81. The predicted octanol–water partition coefficient (Wildman–Crippen LogP) is 2.42. The Bertz CT molecular complexity index is 332. The molecule has 0 aliphatic rings. The van der Waals surface area contributed by atoms with Crippen molar-refractivity contribution in [3.8, 4) is 0 Å². The Kier molecular flexibility index (Phi) is 10.6. The van der Waals surface area contributed by atoms with Crippen LogP contribution in [0.4, 0.5) is 4.79 Å². The highest BCUT2D eigenvalue weighted by Gasteiger charge is 2.26. The van der Waals surface area contributed by atoms with Gasteiger partial charge < -0.3 is 19.7 Å². The molecule has 0 aliphatic heterocycles. The van der Waals surface area contributed by atoms with Gasteiger partial charge in [-0.25, -0.2) is 9.59 Å². The van der Waals surface area contributed by atoms with Crippen LogP contribution in [0.15, 0.2) is 0 Å². The Morgan fingerprint density at radius 2 is 1.77 bits per heavy atom. The molecule has 0 fully saturated rings. The van der Waals surface area contributed by atoms with E-state index in [1.807, 2.05) is 46.7 Å². The quantitative estimate of drug-likeness (QED) is 0.495. The molecule has 0 bridgehead atoms. The summed E-state index contributed by atoms with van der Waals surface area (Å²) in [6.07, 6.45) is 1.67. The first kappa shape index (κ1) is 20.7. The fourth-order valence-electron chi connectivity index (χ4n) is 1.61. The summed E-state index contributed by atoms with van der Waals surface area (Å²) in [6.45, 7) is 8.66. The topological polar surface area (TPSA) is 67.9 Å². The molecule has 22 heavy (non-hydrogen) atoms. The van der Waals surface area contributed by atoms with Crippen molar-refractivity contribution in [2.24, 2.45) is 5.92 Å². The Hall–Kier alpha value is -1.30. The summed E-state index contributed by atoms with van der Waals surface area (Å²) in [4.78, 5) is 25.9. The van der Waals surface area contributed by atoms with Gasteiger partial charge in [-0.3, -0.25) is 0 Å². The Morgan fingerprint density at radius 3 is 2.27 bits per heavy atom. The number of hydrogen-bond acceptors (Lipinski definition) is 5. The van der Waals surface area contributed by atoms with Crippen LogP contribution in [0.1, 0.15) is 47.0 Å². The summed E-state index contributed by atoms with van der Waals surface area (Å²) < 4.78 is 10.3. The number of esters is 1. The minimum absolute atomic E-state index is 0.132. The lowest BCUT2D eigenvalue weighted by Crippen LogP contribution is -2.46. The number of carbonyl (C=O) groups excluding carboxylic acids is 2. The molecule has 0 saturated carbocycles. The monoisotopic (exact) mass is 316 g/mol. The van der Waals surface area contributed by atoms with Crippen molar-refractivity contribution in [1.29, 1.82) is 0 Å². The molecular weight excluding hydrogens is 284 g/mol. The molecule has 1 N–H and O–H groups in total. The lowest BCUT2D eigenvalue weighted by molar-refractivity contribution is -0.147. The highest BCUT2D eigenvalue weighted by Crippen LogP contribution is 2.07. The summed E-state index contributed by atoms with van der Waals surface area (Å²) >= 11 is 0. The molecule has 0 rings (SSSR count). The number of alkyl carbamates (subject to hydrolysis) is 1. The first-order valence-electron chi connectivity index (χ1n) is 8.04. The molecule has 0 aromatic heterocycles. The maximum absolute atomic E-state index is 12.2. The summed E-state index contributed by atoms with van der Waals surface area (Å²) in [5, 5.41) is 2.62. The zero-order valence-corrected chi connectivity index (χ0v) is 14.8. The third-order valence-corrected chi connectivity index (χ3v) is 3.32. The summed E-state index contributed by atoms with van der Waals surface area (Å²) in [7, 11) is 3.86. The van der Waals surface area contributed by atoms with E-state index in [0.717, 1.165) is 12.8 Å². The van der Waals surface area contributed by atoms with E-state index in [9.17, 15) is 9.59 Å². The van der Waals surface area contributed by atoms with Crippen LogP contribution in [-0.2, 0) is 14.3 Å². The largest absolute Gasteiger partial charge is 0.464 e. The Balaban J connectivity index is 4.56. The van der Waals surface area contributed by atoms with Crippen LogP contribution in [0, 0.1) is 5.92 Å². The number of amides is 1. The van der Waals surface area contributed by atoms with Gasteiger partial charge in [0.25, 0.3) is 0 Å². The van der Waals surface area contributed by atoms with Crippen molar-refractivity contribution < 1.29 is 19.1 Å². The van der Waals surface area contributed by atoms with Crippen molar-refractivity contribution in [1.82, 2.24) is 10.2 Å². The Morgan fingerprint density at radius 1 is 1.14 bits per heavy atom. The maximum Gasteiger partial charge on any atom is 0.407 e. The average Bonchev–Trinajstić information content (AvgIpc) is 2.43. The molecule has 2 unspecified atom stereocenters. The Labute approximate surface area is 134 Å². The summed E-state index contributed by atoms with van der Waals surface area (Å²) in [5.74, 6) is -0.151. The molecule has 2 atom stereocenters. The van der Waals surface area contributed by atoms with E-state index in [-0.39, 0.29) is 12.0 Å². The van der Waals surface area contributed by atoms with E-state index in [1.165, 1.54) is 0 Å². The zero-order valence-electron chi connectivity index (χ0n) is 14.8. The zero-order chi connectivity index (χ0) is 17.1. The first-order chi connectivity index (χ1) is 10.3. The van der Waals surface area contributed by atoms with Gasteiger partial charge in [-0.15, -0.1) is 0 Å². The van der Waals surface area contributed by atoms with Crippen LogP contribution < -0.4 is 5.32 Å². The lowest BCUT2D eigenvalue weighted by Gasteiger charge is -2.25. The highest BCUT2D eigenvalue weighted by atomic mass is 16.6. The molecule has 0 aliphatic carbocycles. The van der Waals surface area contributed by atoms with E-state index >= 15 is 0 Å². The number of carbonyl (C=O) groups is 2. The molecule has 0 radical (unpaired) electrons. The number of hydrogen-bond donors (Lipinski definition) is 1. The van der Waals surface area contributed by atoms with E-state index in [4.69, 9.17) is 9.47 Å². The lowest BCUT2D eigenvalue weighted by atomic mass is 10.1. The normalized spacial score (nSPS) is 13.8. The molecule has 0 aromatic rings. The molecular formula is C16H32N2O4. The van der Waals surface area contributed by atoms with Gasteiger partial charge in [-0.2, -0.15) is 0 Å². The van der Waals surface area contributed by atoms with Crippen molar-refractivity contribution in [2.45, 2.75) is 59.0 Å². The van der Waals surface area contributed by atoms with Gasteiger partial charge in [-0.1, -0.05) is 27.2 Å². The van der Waals surface area contributed by atoms with Gasteiger partial charge in [0, 0.05) is 6.04 Å². The number of nitrogens with one attached hydrogen (secondary N) is 1. The van der Waals surface area contributed by atoms with Gasteiger partial charge in [0.2, 0.25) is 0 Å². The fraction of sp³-hybridized carbons (Fsp3) is 0.875. The van der Waals surface area contributed by atoms with E-state index in [0.29, 0.717) is 19.6 Å². The van der Waals surface area contributed by atoms with Crippen molar-refractivity contribution in [2.75, 3.05) is 27.3 Å². The van der Waals surface area contributed by atoms with Crippen LogP contribution >= 0.6 is 0 Å². The minimum atomic E-state index is -0.690. The number of ether oxygens (including phenoxy) is 2. The number of unbranched alkanes of at least 4 members (excludes halogenated alkanes) is 1. The van der Waals surface area contributed by atoms with Crippen molar-refractivity contribution in [3.05, 3.63) is 0 Å². The van der Waals surface area contributed by atoms with Gasteiger partial charge in [0.1, 0.15) is 6.04 Å². The third kappa shape index (κ3) is 9.60. The van der Waals surface area contributed by atoms with Gasteiger partial charge >= 0.3 is 12.1 Å². The van der Waals surface area contributed by atoms with Crippen molar-refractivity contribution >= 4 is 12.1 Å². The van der Waals surface area contributed by atoms with Crippen LogP contribution in [-0.4, -0.2) is 56.4 Å².